The molecule has 1 aromatic carbocycles. The van der Waals surface area contributed by atoms with Gasteiger partial charge >= 0.3 is 0 Å². The molecule has 1 fully saturated rings. The molecule has 0 spiro atoms. The van der Waals surface area contributed by atoms with Crippen LogP contribution in [0.25, 0.3) is 0 Å². The van der Waals surface area contributed by atoms with Crippen molar-refractivity contribution in [2.24, 2.45) is 0 Å². The zero-order chi connectivity index (χ0) is 11.5. The normalized spacial score (nSPS) is 25.4. The van der Waals surface area contributed by atoms with Gasteiger partial charge in [-0.2, -0.15) is 0 Å². The van der Waals surface area contributed by atoms with Gasteiger partial charge in [-0.1, -0.05) is 18.6 Å². The van der Waals surface area contributed by atoms with E-state index in [-0.39, 0.29) is 17.7 Å². The Labute approximate surface area is 95.1 Å². The van der Waals surface area contributed by atoms with Crippen LogP contribution in [-0.2, 0) is 0 Å². The van der Waals surface area contributed by atoms with Gasteiger partial charge in [0.15, 0.2) is 11.6 Å². The van der Waals surface area contributed by atoms with E-state index in [1.807, 2.05) is 0 Å². The van der Waals surface area contributed by atoms with Crippen LogP contribution in [0.3, 0.4) is 0 Å². The Kier molecular flexibility index (Phi) is 3.44. The molecule has 88 valence electrons. The van der Waals surface area contributed by atoms with Gasteiger partial charge in [0.25, 0.3) is 0 Å². The van der Waals surface area contributed by atoms with Gasteiger partial charge in [-0.15, -0.1) is 0 Å². The van der Waals surface area contributed by atoms with Gasteiger partial charge in [0, 0.05) is 0 Å². The zero-order valence-corrected chi connectivity index (χ0v) is 9.45. The molecule has 2 rings (SSSR count). The zero-order valence-electron chi connectivity index (χ0n) is 9.45. The number of halogens is 1. The van der Waals surface area contributed by atoms with E-state index in [0.29, 0.717) is 5.56 Å². The Morgan fingerprint density at radius 1 is 1.31 bits per heavy atom. The van der Waals surface area contributed by atoms with Crippen molar-refractivity contribution < 1.29 is 14.2 Å². The Bertz CT molecular complexity index is 365. The molecular formula is C13H17FO2. The fraction of sp³-hybridized carbons (Fsp3) is 0.538. The maximum Gasteiger partial charge on any atom is 0.167 e. The molecule has 0 radical (unpaired) electrons. The highest BCUT2D eigenvalue weighted by Crippen LogP contribution is 2.26. The van der Waals surface area contributed by atoms with Crippen LogP contribution in [0.5, 0.6) is 5.75 Å². The molecule has 0 heterocycles. The highest BCUT2D eigenvalue weighted by Gasteiger charge is 2.25. The van der Waals surface area contributed by atoms with Crippen molar-refractivity contribution in [2.45, 2.75) is 44.8 Å². The number of hydrogen-bond acceptors (Lipinski definition) is 2. The first-order valence-electron chi connectivity index (χ1n) is 5.78. The summed E-state index contributed by atoms with van der Waals surface area (Å²) < 4.78 is 19.2. The maximum absolute atomic E-state index is 13.7. The molecule has 0 amide bonds. The van der Waals surface area contributed by atoms with Crippen LogP contribution in [0.4, 0.5) is 4.39 Å². The summed E-state index contributed by atoms with van der Waals surface area (Å²) in [5.41, 5.74) is 0.572. The van der Waals surface area contributed by atoms with Crippen LogP contribution in [-0.4, -0.2) is 17.3 Å². The van der Waals surface area contributed by atoms with Crippen molar-refractivity contribution in [1.82, 2.24) is 0 Å². The standard InChI is InChI=1S/C13H17FO2/c1-9-5-4-8-12(13(9)14)16-11-7-3-2-6-10(11)15/h4-5,8,10-11,15H,2-3,6-7H2,1H3/t10-,11-/m1/s1. The molecule has 1 aliphatic rings. The van der Waals surface area contributed by atoms with E-state index in [4.69, 9.17) is 4.74 Å². The SMILES string of the molecule is Cc1cccc(O[C@@H]2CCCC[C@H]2O)c1F. The average Bonchev–Trinajstić information content (AvgIpc) is 2.28. The molecule has 0 saturated heterocycles. The summed E-state index contributed by atoms with van der Waals surface area (Å²) in [6, 6.07) is 5.09. The van der Waals surface area contributed by atoms with Gasteiger partial charge in [0.2, 0.25) is 0 Å². The lowest BCUT2D eigenvalue weighted by Gasteiger charge is -2.28. The Balaban J connectivity index is 2.10. The third-order valence-electron chi connectivity index (χ3n) is 3.10. The lowest BCUT2D eigenvalue weighted by atomic mass is 9.95. The molecule has 2 nitrogen and oxygen atoms in total. The maximum atomic E-state index is 13.7. The summed E-state index contributed by atoms with van der Waals surface area (Å²) in [5.74, 6) is -0.0637. The number of hydrogen-bond donors (Lipinski definition) is 1. The second kappa shape index (κ2) is 4.83. The van der Waals surface area contributed by atoms with E-state index < -0.39 is 6.10 Å². The van der Waals surface area contributed by atoms with Crippen molar-refractivity contribution in [3.05, 3.63) is 29.6 Å². The van der Waals surface area contributed by atoms with Crippen molar-refractivity contribution in [1.29, 1.82) is 0 Å². The van der Waals surface area contributed by atoms with Crippen molar-refractivity contribution >= 4 is 0 Å². The van der Waals surface area contributed by atoms with Crippen LogP contribution in [0.2, 0.25) is 0 Å². The van der Waals surface area contributed by atoms with Gasteiger partial charge in [-0.05, 0) is 37.8 Å². The predicted molar refractivity (Wildman–Crippen MR) is 60.0 cm³/mol. The van der Waals surface area contributed by atoms with Gasteiger partial charge in [0.05, 0.1) is 6.10 Å². The first kappa shape index (κ1) is 11.4. The van der Waals surface area contributed by atoms with Crippen LogP contribution in [0.15, 0.2) is 18.2 Å². The molecule has 1 aliphatic carbocycles. The van der Waals surface area contributed by atoms with Gasteiger partial charge < -0.3 is 9.84 Å². The monoisotopic (exact) mass is 224 g/mol. The molecule has 0 aromatic heterocycles. The van der Waals surface area contributed by atoms with Gasteiger partial charge in [0.1, 0.15) is 6.10 Å². The molecule has 0 bridgehead atoms. The van der Waals surface area contributed by atoms with E-state index in [1.165, 1.54) is 0 Å². The molecule has 16 heavy (non-hydrogen) atoms. The Morgan fingerprint density at radius 3 is 2.81 bits per heavy atom. The van der Waals surface area contributed by atoms with Crippen LogP contribution < -0.4 is 4.74 Å². The summed E-state index contributed by atoms with van der Waals surface area (Å²) in [6.45, 7) is 1.71. The minimum Gasteiger partial charge on any atom is -0.485 e. The fourth-order valence-corrected chi connectivity index (χ4v) is 2.09. The number of aryl methyl sites for hydroxylation is 1. The minimum atomic E-state index is -0.464. The first-order valence-corrected chi connectivity index (χ1v) is 5.78. The molecule has 1 saturated carbocycles. The number of rotatable bonds is 2. The second-order valence-electron chi connectivity index (χ2n) is 4.40. The Hall–Kier alpha value is -1.09. The number of ether oxygens (including phenoxy) is 1. The summed E-state index contributed by atoms with van der Waals surface area (Å²) in [6.07, 6.45) is 2.89. The third-order valence-corrected chi connectivity index (χ3v) is 3.10. The third kappa shape index (κ3) is 2.35. The van der Waals surface area contributed by atoms with Crippen LogP contribution in [0.1, 0.15) is 31.2 Å². The second-order valence-corrected chi connectivity index (χ2v) is 4.40. The van der Waals surface area contributed by atoms with E-state index in [2.05, 4.69) is 0 Å². The number of aliphatic hydroxyl groups is 1. The summed E-state index contributed by atoms with van der Waals surface area (Å²) in [4.78, 5) is 0. The molecule has 1 N–H and O–H groups in total. The fourth-order valence-electron chi connectivity index (χ4n) is 2.09. The summed E-state index contributed by atoms with van der Waals surface area (Å²) in [5, 5.41) is 9.74. The van der Waals surface area contributed by atoms with Gasteiger partial charge in [-0.25, -0.2) is 4.39 Å². The molecule has 2 atom stereocenters. The predicted octanol–water partition coefficient (Wildman–Crippen LogP) is 2.82. The van der Waals surface area contributed by atoms with E-state index in [1.54, 1.807) is 25.1 Å². The molecular weight excluding hydrogens is 207 g/mol. The number of benzene rings is 1. The highest BCUT2D eigenvalue weighted by atomic mass is 19.1. The van der Waals surface area contributed by atoms with E-state index in [0.717, 1.165) is 25.7 Å². The van der Waals surface area contributed by atoms with E-state index in [9.17, 15) is 9.50 Å². The van der Waals surface area contributed by atoms with Crippen molar-refractivity contribution in [2.75, 3.05) is 0 Å². The highest BCUT2D eigenvalue weighted by molar-refractivity contribution is 5.30. The van der Waals surface area contributed by atoms with Crippen molar-refractivity contribution in [3.63, 3.8) is 0 Å². The van der Waals surface area contributed by atoms with Crippen molar-refractivity contribution in [3.8, 4) is 5.75 Å². The lowest BCUT2D eigenvalue weighted by molar-refractivity contribution is 0.00494. The Morgan fingerprint density at radius 2 is 2.06 bits per heavy atom. The topological polar surface area (TPSA) is 29.5 Å². The largest absolute Gasteiger partial charge is 0.485 e. The molecule has 1 aromatic rings. The average molecular weight is 224 g/mol. The summed E-state index contributed by atoms with van der Waals surface area (Å²) >= 11 is 0. The molecule has 0 aliphatic heterocycles. The minimum absolute atomic E-state index is 0.256. The molecule has 0 unspecified atom stereocenters. The lowest BCUT2D eigenvalue weighted by Crippen LogP contribution is -2.34. The molecule has 3 heteroatoms. The van der Waals surface area contributed by atoms with Crippen LogP contribution >= 0.6 is 0 Å². The van der Waals surface area contributed by atoms with E-state index >= 15 is 0 Å². The van der Waals surface area contributed by atoms with Gasteiger partial charge in [-0.3, -0.25) is 0 Å². The first-order chi connectivity index (χ1) is 7.68. The quantitative estimate of drug-likeness (QED) is 0.837. The number of aliphatic hydroxyl groups excluding tert-OH is 1. The summed E-state index contributed by atoms with van der Waals surface area (Å²) in [7, 11) is 0. The smallest absolute Gasteiger partial charge is 0.167 e. The van der Waals surface area contributed by atoms with Crippen LogP contribution in [0, 0.1) is 12.7 Å².